The van der Waals surface area contributed by atoms with Crippen LogP contribution in [0.3, 0.4) is 0 Å². The summed E-state index contributed by atoms with van der Waals surface area (Å²) in [6.07, 6.45) is 1.10. The van der Waals surface area contributed by atoms with Crippen molar-refractivity contribution in [3.63, 3.8) is 0 Å². The monoisotopic (exact) mass is 275 g/mol. The topological polar surface area (TPSA) is 59.2 Å². The molecule has 1 saturated heterocycles. The van der Waals surface area contributed by atoms with E-state index in [0.29, 0.717) is 23.2 Å². The first-order valence-electron chi connectivity index (χ1n) is 7.45. The molecule has 1 fully saturated rings. The maximum absolute atomic E-state index is 12.6. The van der Waals surface area contributed by atoms with Gasteiger partial charge in [0.2, 0.25) is 0 Å². The molecule has 4 heteroatoms. The highest BCUT2D eigenvalue weighted by molar-refractivity contribution is 5.95. The lowest BCUT2D eigenvalue weighted by Gasteiger charge is -2.19. The molecular formula is C16H25N3O. The summed E-state index contributed by atoms with van der Waals surface area (Å²) in [5.41, 5.74) is 7.38. The lowest BCUT2D eigenvalue weighted by Crippen LogP contribution is -2.29. The van der Waals surface area contributed by atoms with E-state index in [1.54, 1.807) is 6.07 Å². The van der Waals surface area contributed by atoms with E-state index in [-0.39, 0.29) is 11.8 Å². The molecule has 2 heterocycles. The second kappa shape index (κ2) is 5.81. The molecule has 1 amide bonds. The summed E-state index contributed by atoms with van der Waals surface area (Å²) in [5.74, 6) is 2.03. The van der Waals surface area contributed by atoms with Crippen LogP contribution in [0.15, 0.2) is 12.1 Å². The molecule has 2 N–H and O–H groups in total. The molecule has 1 unspecified atom stereocenters. The van der Waals surface area contributed by atoms with Gasteiger partial charge < -0.3 is 10.6 Å². The molecule has 0 bridgehead atoms. The number of hydrogen-bond donors (Lipinski definition) is 1. The van der Waals surface area contributed by atoms with E-state index in [1.807, 2.05) is 11.0 Å². The van der Waals surface area contributed by atoms with Gasteiger partial charge in [0.25, 0.3) is 5.91 Å². The SMILES string of the molecule is CC(C)c1cc(C(=O)N2CCC(C(C)C)C2)cc(N)n1. The highest BCUT2D eigenvalue weighted by Crippen LogP contribution is 2.25. The molecule has 1 aromatic rings. The van der Waals surface area contributed by atoms with Crippen LogP contribution < -0.4 is 5.73 Å². The Kier molecular flexibility index (Phi) is 4.31. The van der Waals surface area contributed by atoms with Crippen molar-refractivity contribution in [2.24, 2.45) is 11.8 Å². The van der Waals surface area contributed by atoms with Crippen molar-refractivity contribution >= 4 is 11.7 Å². The normalized spacial score (nSPS) is 19.1. The Balaban J connectivity index is 2.18. The van der Waals surface area contributed by atoms with E-state index in [9.17, 15) is 4.79 Å². The largest absolute Gasteiger partial charge is 0.384 e. The van der Waals surface area contributed by atoms with Gasteiger partial charge in [-0.1, -0.05) is 27.7 Å². The fourth-order valence-corrected chi connectivity index (χ4v) is 2.69. The molecule has 0 spiro atoms. The Morgan fingerprint density at radius 3 is 2.60 bits per heavy atom. The fraction of sp³-hybridized carbons (Fsp3) is 0.625. The molecule has 1 aliphatic heterocycles. The van der Waals surface area contributed by atoms with Crippen LogP contribution in [0.25, 0.3) is 0 Å². The van der Waals surface area contributed by atoms with E-state index < -0.39 is 0 Å². The number of nitrogen functional groups attached to an aromatic ring is 1. The minimum atomic E-state index is 0.0872. The second-order valence-electron chi connectivity index (χ2n) is 6.40. The molecule has 0 aromatic carbocycles. The van der Waals surface area contributed by atoms with Crippen molar-refractivity contribution in [2.75, 3.05) is 18.8 Å². The van der Waals surface area contributed by atoms with E-state index >= 15 is 0 Å². The number of anilines is 1. The van der Waals surface area contributed by atoms with Crippen LogP contribution in [0.5, 0.6) is 0 Å². The van der Waals surface area contributed by atoms with E-state index in [1.165, 1.54) is 0 Å². The quantitative estimate of drug-likeness (QED) is 0.922. The maximum Gasteiger partial charge on any atom is 0.254 e. The van der Waals surface area contributed by atoms with E-state index in [4.69, 9.17) is 5.73 Å². The number of nitrogens with zero attached hydrogens (tertiary/aromatic N) is 2. The highest BCUT2D eigenvalue weighted by atomic mass is 16.2. The summed E-state index contributed by atoms with van der Waals surface area (Å²) in [7, 11) is 0. The van der Waals surface area contributed by atoms with Gasteiger partial charge in [-0.15, -0.1) is 0 Å². The zero-order valence-electron chi connectivity index (χ0n) is 12.9. The third kappa shape index (κ3) is 3.11. The van der Waals surface area contributed by atoms with Crippen LogP contribution in [0.4, 0.5) is 5.82 Å². The van der Waals surface area contributed by atoms with Gasteiger partial charge in [-0.2, -0.15) is 0 Å². The summed E-state index contributed by atoms with van der Waals surface area (Å²) in [5, 5.41) is 0. The zero-order valence-corrected chi connectivity index (χ0v) is 12.9. The Hall–Kier alpha value is -1.58. The van der Waals surface area contributed by atoms with Gasteiger partial charge in [0.15, 0.2) is 0 Å². The molecule has 2 rings (SSSR count). The smallest absolute Gasteiger partial charge is 0.254 e. The fourth-order valence-electron chi connectivity index (χ4n) is 2.69. The molecule has 0 saturated carbocycles. The molecule has 0 aliphatic carbocycles. The number of pyridine rings is 1. The molecule has 1 aliphatic rings. The highest BCUT2D eigenvalue weighted by Gasteiger charge is 2.29. The van der Waals surface area contributed by atoms with E-state index in [0.717, 1.165) is 25.2 Å². The zero-order chi connectivity index (χ0) is 14.9. The van der Waals surface area contributed by atoms with Crippen molar-refractivity contribution in [2.45, 2.75) is 40.0 Å². The average Bonchev–Trinajstić information content (AvgIpc) is 2.86. The number of carbonyl (C=O) groups is 1. The number of likely N-dealkylation sites (tertiary alicyclic amines) is 1. The number of hydrogen-bond acceptors (Lipinski definition) is 3. The Morgan fingerprint density at radius 2 is 2.05 bits per heavy atom. The van der Waals surface area contributed by atoms with E-state index in [2.05, 4.69) is 32.7 Å². The lowest BCUT2D eigenvalue weighted by molar-refractivity contribution is 0.0784. The Bertz CT molecular complexity index is 496. The first-order chi connectivity index (χ1) is 9.38. The van der Waals surface area contributed by atoms with Crippen LogP contribution in [0.1, 0.15) is 56.1 Å². The molecule has 20 heavy (non-hydrogen) atoms. The summed E-state index contributed by atoms with van der Waals surface area (Å²) in [6.45, 7) is 10.3. The third-order valence-electron chi connectivity index (χ3n) is 4.16. The van der Waals surface area contributed by atoms with Crippen molar-refractivity contribution < 1.29 is 4.79 Å². The maximum atomic E-state index is 12.6. The Labute approximate surface area is 121 Å². The predicted molar refractivity (Wildman–Crippen MR) is 81.6 cm³/mol. The van der Waals surface area contributed by atoms with Crippen LogP contribution in [0.2, 0.25) is 0 Å². The van der Waals surface area contributed by atoms with Gasteiger partial charge in [-0.25, -0.2) is 4.98 Å². The van der Waals surface area contributed by atoms with Crippen LogP contribution in [-0.2, 0) is 0 Å². The van der Waals surface area contributed by atoms with Gasteiger partial charge in [0.1, 0.15) is 5.82 Å². The number of amides is 1. The molecule has 110 valence electrons. The van der Waals surface area contributed by atoms with Crippen LogP contribution >= 0.6 is 0 Å². The molecular weight excluding hydrogens is 250 g/mol. The van der Waals surface area contributed by atoms with Crippen molar-refractivity contribution in [1.82, 2.24) is 9.88 Å². The van der Waals surface area contributed by atoms with Gasteiger partial charge in [-0.3, -0.25) is 4.79 Å². The summed E-state index contributed by atoms with van der Waals surface area (Å²) in [4.78, 5) is 18.8. The van der Waals surface area contributed by atoms with Gasteiger partial charge in [-0.05, 0) is 36.3 Å². The second-order valence-corrected chi connectivity index (χ2v) is 6.40. The summed E-state index contributed by atoms with van der Waals surface area (Å²) in [6, 6.07) is 3.57. The average molecular weight is 275 g/mol. The summed E-state index contributed by atoms with van der Waals surface area (Å²) < 4.78 is 0. The van der Waals surface area contributed by atoms with Crippen LogP contribution in [-0.4, -0.2) is 28.9 Å². The minimum Gasteiger partial charge on any atom is -0.384 e. The molecule has 4 nitrogen and oxygen atoms in total. The van der Waals surface area contributed by atoms with Gasteiger partial charge in [0, 0.05) is 24.3 Å². The first-order valence-corrected chi connectivity index (χ1v) is 7.45. The lowest BCUT2D eigenvalue weighted by atomic mass is 9.95. The number of carbonyl (C=O) groups excluding carboxylic acids is 1. The third-order valence-corrected chi connectivity index (χ3v) is 4.16. The first kappa shape index (κ1) is 14.8. The van der Waals surface area contributed by atoms with Gasteiger partial charge >= 0.3 is 0 Å². The van der Waals surface area contributed by atoms with Crippen molar-refractivity contribution in [1.29, 1.82) is 0 Å². The van der Waals surface area contributed by atoms with Crippen molar-refractivity contribution in [3.8, 4) is 0 Å². The Morgan fingerprint density at radius 1 is 1.35 bits per heavy atom. The molecule has 1 atom stereocenters. The number of aromatic nitrogens is 1. The minimum absolute atomic E-state index is 0.0872. The van der Waals surface area contributed by atoms with Gasteiger partial charge in [0.05, 0.1) is 0 Å². The number of rotatable bonds is 3. The molecule has 0 radical (unpaired) electrons. The molecule has 1 aromatic heterocycles. The number of nitrogens with two attached hydrogens (primary N) is 1. The van der Waals surface area contributed by atoms with Crippen LogP contribution in [0, 0.1) is 11.8 Å². The predicted octanol–water partition coefficient (Wildman–Crippen LogP) is 2.91. The standard InChI is InChI=1S/C16H25N3O/c1-10(2)12-5-6-19(9-12)16(20)13-7-14(11(3)4)18-15(17)8-13/h7-8,10-12H,5-6,9H2,1-4H3,(H2,17,18). The summed E-state index contributed by atoms with van der Waals surface area (Å²) >= 11 is 0. The van der Waals surface area contributed by atoms with Crippen molar-refractivity contribution in [3.05, 3.63) is 23.4 Å².